The summed E-state index contributed by atoms with van der Waals surface area (Å²) in [5.74, 6) is 0.759. The van der Waals surface area contributed by atoms with E-state index in [4.69, 9.17) is 21.3 Å². The second-order valence-corrected chi connectivity index (χ2v) is 8.32. The summed E-state index contributed by atoms with van der Waals surface area (Å²) in [4.78, 5) is 21.9. The molecule has 0 atom stereocenters. The van der Waals surface area contributed by atoms with Crippen LogP contribution < -0.4 is 10.6 Å². The molecule has 158 valence electrons. The quantitative estimate of drug-likeness (QED) is 0.673. The van der Waals surface area contributed by atoms with Gasteiger partial charge in [-0.15, -0.1) is 0 Å². The van der Waals surface area contributed by atoms with Crippen molar-refractivity contribution in [3.63, 3.8) is 0 Å². The summed E-state index contributed by atoms with van der Waals surface area (Å²) in [5, 5.41) is 7.58. The summed E-state index contributed by atoms with van der Waals surface area (Å²) in [6, 6.07) is 9.33. The second kappa shape index (κ2) is 10.3. The molecular weight excluding hydrogens is 400 g/mol. The van der Waals surface area contributed by atoms with Crippen molar-refractivity contribution in [2.75, 3.05) is 26.2 Å². The summed E-state index contributed by atoms with van der Waals surface area (Å²) in [6.07, 6.45) is 4.37. The molecule has 30 heavy (non-hydrogen) atoms. The zero-order chi connectivity index (χ0) is 20.8. The van der Waals surface area contributed by atoms with Crippen molar-refractivity contribution < 1.29 is 9.53 Å². The average Bonchev–Trinajstić information content (AvgIpc) is 2.75. The number of pyridine rings is 1. The smallest absolute Gasteiger partial charge is 0.170 e. The van der Waals surface area contributed by atoms with E-state index in [-0.39, 0.29) is 12.2 Å². The van der Waals surface area contributed by atoms with Crippen LogP contribution in [0.25, 0.3) is 0 Å². The van der Waals surface area contributed by atoms with Crippen molar-refractivity contribution in [2.24, 2.45) is 10.9 Å². The Kier molecular flexibility index (Phi) is 7.23. The Morgan fingerprint density at radius 1 is 1.20 bits per heavy atom. The van der Waals surface area contributed by atoms with Gasteiger partial charge in [0.05, 0.1) is 36.7 Å². The highest BCUT2D eigenvalue weighted by molar-refractivity contribution is 6.30. The first-order chi connectivity index (χ1) is 14.7. The molecule has 0 aliphatic carbocycles. The number of fused-ring (bicyclic) bond motifs is 1. The van der Waals surface area contributed by atoms with Gasteiger partial charge in [-0.2, -0.15) is 0 Å². The first-order valence-electron chi connectivity index (χ1n) is 10.5. The molecule has 2 aromatic rings. The van der Waals surface area contributed by atoms with Crippen LogP contribution in [-0.4, -0.2) is 42.7 Å². The van der Waals surface area contributed by atoms with Gasteiger partial charge in [0.15, 0.2) is 5.78 Å². The van der Waals surface area contributed by atoms with Crippen LogP contribution in [0.3, 0.4) is 0 Å². The van der Waals surface area contributed by atoms with Crippen LogP contribution in [0.15, 0.2) is 41.5 Å². The molecule has 1 aromatic heterocycles. The number of benzene rings is 1. The summed E-state index contributed by atoms with van der Waals surface area (Å²) >= 11 is 6.02. The highest BCUT2D eigenvalue weighted by Crippen LogP contribution is 2.29. The third kappa shape index (κ3) is 5.52. The lowest BCUT2D eigenvalue weighted by Gasteiger charge is -2.23. The number of hydrogen-bond acceptors (Lipinski definition) is 6. The Hall–Kier alpha value is -2.12. The predicted octanol–water partition coefficient (Wildman–Crippen LogP) is 3.70. The number of Topliss-reactive ketones (excluding diaryl/α,β-unsaturated/α-hetero) is 1. The molecule has 6 nitrogen and oxygen atoms in total. The van der Waals surface area contributed by atoms with Crippen LogP contribution >= 0.6 is 11.6 Å². The monoisotopic (exact) mass is 426 g/mol. The van der Waals surface area contributed by atoms with Gasteiger partial charge in [-0.25, -0.2) is 0 Å². The molecule has 7 heteroatoms. The fourth-order valence-corrected chi connectivity index (χ4v) is 4.14. The van der Waals surface area contributed by atoms with E-state index < -0.39 is 0 Å². The predicted molar refractivity (Wildman–Crippen MR) is 119 cm³/mol. The van der Waals surface area contributed by atoms with Crippen molar-refractivity contribution in [3.05, 3.63) is 58.4 Å². The number of piperidine rings is 1. The number of aliphatic imine (C=N–C) groups is 1. The minimum absolute atomic E-state index is 0.0726. The van der Waals surface area contributed by atoms with Crippen LogP contribution in [0.4, 0.5) is 5.69 Å². The first-order valence-corrected chi connectivity index (χ1v) is 10.9. The van der Waals surface area contributed by atoms with Crippen molar-refractivity contribution in [1.82, 2.24) is 15.6 Å². The molecule has 0 spiro atoms. The number of aromatic nitrogens is 1. The Balaban J connectivity index is 1.38. The summed E-state index contributed by atoms with van der Waals surface area (Å²) in [6.45, 7) is 4.49. The van der Waals surface area contributed by atoms with E-state index in [1.54, 1.807) is 12.3 Å². The molecular formula is C23H27ClN4O2. The van der Waals surface area contributed by atoms with E-state index in [1.165, 1.54) is 12.8 Å². The number of carbonyl (C=O) groups excluding carboxylic acids is 1. The van der Waals surface area contributed by atoms with Crippen LogP contribution in [0.2, 0.25) is 5.02 Å². The number of carbonyl (C=O) groups is 1. The zero-order valence-electron chi connectivity index (χ0n) is 17.0. The normalized spacial score (nSPS) is 17.0. The highest BCUT2D eigenvalue weighted by Gasteiger charge is 2.23. The van der Waals surface area contributed by atoms with Gasteiger partial charge in [0, 0.05) is 23.3 Å². The second-order valence-electron chi connectivity index (χ2n) is 7.88. The number of ether oxygens (including phenoxy) is 1. The van der Waals surface area contributed by atoms with E-state index in [0.717, 1.165) is 36.6 Å². The molecule has 0 bridgehead atoms. The van der Waals surface area contributed by atoms with Gasteiger partial charge >= 0.3 is 0 Å². The maximum absolute atomic E-state index is 12.6. The van der Waals surface area contributed by atoms with E-state index in [0.29, 0.717) is 41.9 Å². The minimum Gasteiger partial charge on any atom is -0.371 e. The lowest BCUT2D eigenvalue weighted by Crippen LogP contribution is -2.33. The maximum Gasteiger partial charge on any atom is 0.170 e. The van der Waals surface area contributed by atoms with Gasteiger partial charge in [-0.3, -0.25) is 14.8 Å². The third-order valence-corrected chi connectivity index (χ3v) is 5.78. The number of ketones is 1. The number of rotatable bonds is 8. The largest absolute Gasteiger partial charge is 0.371 e. The van der Waals surface area contributed by atoms with Crippen molar-refractivity contribution >= 4 is 28.8 Å². The van der Waals surface area contributed by atoms with Gasteiger partial charge in [0.2, 0.25) is 0 Å². The number of halogens is 1. The van der Waals surface area contributed by atoms with Crippen molar-refractivity contribution in [2.45, 2.75) is 32.4 Å². The van der Waals surface area contributed by atoms with E-state index >= 15 is 0 Å². The van der Waals surface area contributed by atoms with Crippen LogP contribution in [0.1, 0.15) is 40.9 Å². The molecule has 2 aliphatic rings. The SMILES string of the molecule is O=C1CC(COCc2cccc(Cl)c2)=Nc2c1ccnc2CNCC1CCNCC1. The lowest BCUT2D eigenvalue weighted by molar-refractivity contribution is 0.0993. The van der Waals surface area contributed by atoms with E-state index in [9.17, 15) is 4.79 Å². The molecule has 0 amide bonds. The Bertz CT molecular complexity index is 925. The van der Waals surface area contributed by atoms with Gasteiger partial charge < -0.3 is 15.4 Å². The third-order valence-electron chi connectivity index (χ3n) is 5.55. The lowest BCUT2D eigenvalue weighted by atomic mass is 9.98. The van der Waals surface area contributed by atoms with Gasteiger partial charge in [0.1, 0.15) is 0 Å². The van der Waals surface area contributed by atoms with Crippen molar-refractivity contribution in [3.8, 4) is 0 Å². The van der Waals surface area contributed by atoms with Crippen molar-refractivity contribution in [1.29, 1.82) is 0 Å². The van der Waals surface area contributed by atoms with Gasteiger partial charge in [-0.05, 0) is 62.2 Å². The molecule has 2 N–H and O–H groups in total. The average molecular weight is 427 g/mol. The maximum atomic E-state index is 12.6. The molecule has 0 radical (unpaired) electrons. The standard InChI is InChI=1S/C23H27ClN4O2/c24-18-3-1-2-17(10-18)14-30-15-19-11-22(29)20-6-9-27-21(23(20)28-19)13-26-12-16-4-7-25-8-5-16/h1-3,6,9-10,16,25-26H,4-5,7-8,11-15H2. The van der Waals surface area contributed by atoms with Crippen LogP contribution in [-0.2, 0) is 17.9 Å². The van der Waals surface area contributed by atoms with Gasteiger partial charge in [0.25, 0.3) is 0 Å². The fraction of sp³-hybridized carbons (Fsp3) is 0.435. The zero-order valence-corrected chi connectivity index (χ0v) is 17.8. The van der Waals surface area contributed by atoms with Gasteiger partial charge in [-0.1, -0.05) is 23.7 Å². The summed E-state index contributed by atoms with van der Waals surface area (Å²) in [7, 11) is 0. The molecule has 1 saturated heterocycles. The number of nitrogens with one attached hydrogen (secondary N) is 2. The molecule has 1 aromatic carbocycles. The fourth-order valence-electron chi connectivity index (χ4n) is 3.93. The number of nitrogens with zero attached hydrogens (tertiary/aromatic N) is 2. The molecule has 2 aliphatic heterocycles. The Morgan fingerprint density at radius 2 is 2.07 bits per heavy atom. The molecule has 0 saturated carbocycles. The topological polar surface area (TPSA) is 75.6 Å². The minimum atomic E-state index is 0.0726. The molecule has 3 heterocycles. The van der Waals surface area contributed by atoms with Crippen LogP contribution in [0, 0.1) is 5.92 Å². The van der Waals surface area contributed by atoms with E-state index in [1.807, 2.05) is 24.3 Å². The number of hydrogen-bond donors (Lipinski definition) is 2. The van der Waals surface area contributed by atoms with E-state index in [2.05, 4.69) is 15.6 Å². The Morgan fingerprint density at radius 3 is 2.90 bits per heavy atom. The molecule has 4 rings (SSSR count). The summed E-state index contributed by atoms with van der Waals surface area (Å²) in [5.41, 5.74) is 3.90. The first kappa shape index (κ1) is 21.1. The van der Waals surface area contributed by atoms with Crippen LogP contribution in [0.5, 0.6) is 0 Å². The Labute approximate surface area is 182 Å². The molecule has 0 unspecified atom stereocenters. The summed E-state index contributed by atoms with van der Waals surface area (Å²) < 4.78 is 5.79. The highest BCUT2D eigenvalue weighted by atomic mass is 35.5. The molecule has 1 fully saturated rings.